The van der Waals surface area contributed by atoms with Crippen LogP contribution >= 0.6 is 0 Å². The number of hydrogen-bond acceptors (Lipinski definition) is 4. The fourth-order valence-electron chi connectivity index (χ4n) is 5.63. The van der Waals surface area contributed by atoms with E-state index in [4.69, 9.17) is 9.97 Å². The lowest BCUT2D eigenvalue weighted by Gasteiger charge is -2.14. The molecule has 4 heteroatoms. The van der Waals surface area contributed by atoms with E-state index in [0.717, 1.165) is 72.8 Å². The average molecular weight is 585 g/mol. The molecule has 0 aliphatic heterocycles. The summed E-state index contributed by atoms with van der Waals surface area (Å²) < 4.78 is 0. The fourth-order valence-corrected chi connectivity index (χ4v) is 5.63. The van der Waals surface area contributed by atoms with E-state index in [1.54, 1.807) is 0 Å². The van der Waals surface area contributed by atoms with Gasteiger partial charge in [-0.15, -0.1) is 0 Å². The number of pyridine rings is 2. The van der Waals surface area contributed by atoms with E-state index in [0.29, 0.717) is 5.82 Å². The van der Waals surface area contributed by atoms with Crippen molar-refractivity contribution in [3.05, 3.63) is 169 Å². The van der Waals surface area contributed by atoms with Crippen LogP contribution in [0.25, 0.3) is 79.6 Å². The molecular formula is C42H24N4. The van der Waals surface area contributed by atoms with E-state index < -0.39 is 0 Å². The maximum absolute atomic E-state index is 5.12. The van der Waals surface area contributed by atoms with Crippen LogP contribution in [0.15, 0.2) is 145 Å². The van der Waals surface area contributed by atoms with Crippen LogP contribution in [0.5, 0.6) is 0 Å². The maximum Gasteiger partial charge on any atom is 0.160 e. The van der Waals surface area contributed by atoms with E-state index in [-0.39, 0.29) is 0 Å². The molecule has 212 valence electrons. The van der Waals surface area contributed by atoms with Gasteiger partial charge in [-0.2, -0.15) is 0 Å². The molecule has 46 heavy (non-hydrogen) atoms. The molecule has 4 aromatic carbocycles. The van der Waals surface area contributed by atoms with Gasteiger partial charge in [0.15, 0.2) is 5.82 Å². The normalized spacial score (nSPS) is 11.2. The summed E-state index contributed by atoms with van der Waals surface area (Å²) in [4.78, 5) is 19.2. The lowest BCUT2D eigenvalue weighted by Crippen LogP contribution is -2.01. The molecule has 0 amide bonds. The Balaban J connectivity index is 1.27. The molecule has 0 atom stereocenters. The van der Waals surface area contributed by atoms with Crippen molar-refractivity contribution in [3.63, 3.8) is 0 Å². The molecule has 0 radical (unpaired) electrons. The third-order valence-electron chi connectivity index (χ3n) is 7.96. The van der Waals surface area contributed by atoms with E-state index in [9.17, 15) is 0 Å². The van der Waals surface area contributed by atoms with Crippen molar-refractivity contribution < 1.29 is 0 Å². The van der Waals surface area contributed by atoms with Gasteiger partial charge in [0.05, 0.1) is 22.8 Å². The first-order chi connectivity index (χ1) is 22.8. The minimum atomic E-state index is 0.633. The van der Waals surface area contributed by atoms with Gasteiger partial charge in [-0.1, -0.05) is 84.3 Å². The van der Waals surface area contributed by atoms with E-state index >= 15 is 0 Å². The van der Waals surface area contributed by atoms with Gasteiger partial charge in [-0.25, -0.2) is 9.97 Å². The fraction of sp³-hybridized carbons (Fsp3) is 0. The molecule has 0 saturated heterocycles. The second-order valence-electron chi connectivity index (χ2n) is 10.9. The summed E-state index contributed by atoms with van der Waals surface area (Å²) in [5.41, 5.74) is 18.9. The average Bonchev–Trinajstić information content (AvgIpc) is 3.15. The second kappa shape index (κ2) is 11.8. The van der Waals surface area contributed by atoms with Gasteiger partial charge in [-0.05, 0) is 82.9 Å². The van der Waals surface area contributed by atoms with Gasteiger partial charge in [0.2, 0.25) is 0 Å². The highest BCUT2D eigenvalue weighted by Crippen LogP contribution is 2.35. The molecule has 7 aromatic rings. The predicted octanol–water partition coefficient (Wildman–Crippen LogP) is 9.66. The minimum absolute atomic E-state index is 0.633. The van der Waals surface area contributed by atoms with Gasteiger partial charge in [0.25, 0.3) is 0 Å². The molecule has 0 fully saturated rings. The van der Waals surface area contributed by atoms with Crippen molar-refractivity contribution >= 4 is 12.2 Å². The van der Waals surface area contributed by atoms with E-state index in [1.807, 2.05) is 79.1 Å². The predicted molar refractivity (Wildman–Crippen MR) is 184 cm³/mol. The minimum Gasteiger partial charge on any atom is -0.256 e. The van der Waals surface area contributed by atoms with Crippen LogP contribution in [-0.4, -0.2) is 19.9 Å². The SMILES string of the molecule is C1=C=Cc2c(nc(-c3cc(-c4ccc(-c5ccccn5)cc4)cc(-c4ccc(-c5ccccn5)cc4)c3)nc2-c2cc#ccc2)C=1. The molecule has 8 rings (SSSR count). The number of aromatic nitrogens is 4. The molecule has 3 aromatic heterocycles. The maximum atomic E-state index is 5.12. The van der Waals surface area contributed by atoms with Crippen LogP contribution in [0, 0.1) is 12.1 Å². The van der Waals surface area contributed by atoms with Gasteiger partial charge in [0.1, 0.15) is 0 Å². The number of fused-ring (bicyclic) bond motifs is 1. The monoisotopic (exact) mass is 584 g/mol. The number of benzene rings is 3. The Morgan fingerprint density at radius 3 is 1.61 bits per heavy atom. The highest BCUT2D eigenvalue weighted by atomic mass is 14.9. The van der Waals surface area contributed by atoms with Gasteiger partial charge >= 0.3 is 0 Å². The summed E-state index contributed by atoms with van der Waals surface area (Å²) in [6.07, 6.45) is 7.38. The summed E-state index contributed by atoms with van der Waals surface area (Å²) in [5, 5.41) is 0. The van der Waals surface area contributed by atoms with Crippen molar-refractivity contribution in [2.45, 2.75) is 0 Å². The topological polar surface area (TPSA) is 51.6 Å². The molecular weight excluding hydrogens is 560 g/mol. The Labute approximate surface area is 267 Å². The first-order valence-electron chi connectivity index (χ1n) is 15.0. The zero-order chi connectivity index (χ0) is 30.7. The van der Waals surface area contributed by atoms with Crippen molar-refractivity contribution in [2.24, 2.45) is 0 Å². The van der Waals surface area contributed by atoms with Crippen LogP contribution in [0.1, 0.15) is 11.3 Å². The van der Waals surface area contributed by atoms with Gasteiger partial charge in [-0.3, -0.25) is 9.97 Å². The number of rotatable bonds is 6. The van der Waals surface area contributed by atoms with Crippen molar-refractivity contribution in [1.29, 1.82) is 0 Å². The quantitative estimate of drug-likeness (QED) is 0.183. The Morgan fingerprint density at radius 2 is 1.04 bits per heavy atom. The molecule has 0 spiro atoms. The summed E-state index contributed by atoms with van der Waals surface area (Å²) in [6.45, 7) is 0. The lowest BCUT2D eigenvalue weighted by atomic mass is 9.94. The third-order valence-corrected chi connectivity index (χ3v) is 7.96. The molecule has 4 nitrogen and oxygen atoms in total. The van der Waals surface area contributed by atoms with Crippen molar-refractivity contribution in [2.75, 3.05) is 0 Å². The Morgan fingerprint density at radius 1 is 0.457 bits per heavy atom. The summed E-state index contributed by atoms with van der Waals surface area (Å²) in [7, 11) is 0. The number of hydrogen-bond donors (Lipinski definition) is 0. The largest absolute Gasteiger partial charge is 0.256 e. The summed E-state index contributed by atoms with van der Waals surface area (Å²) in [5.74, 6) is 0.633. The molecule has 0 saturated carbocycles. The highest BCUT2D eigenvalue weighted by Gasteiger charge is 2.17. The van der Waals surface area contributed by atoms with Gasteiger partial charge in [0, 0.05) is 52.4 Å². The first kappa shape index (κ1) is 27.0. The van der Waals surface area contributed by atoms with Crippen molar-refractivity contribution in [1.82, 2.24) is 19.9 Å². The molecule has 0 bridgehead atoms. The smallest absolute Gasteiger partial charge is 0.160 e. The van der Waals surface area contributed by atoms with Crippen LogP contribution in [0.2, 0.25) is 0 Å². The lowest BCUT2D eigenvalue weighted by molar-refractivity contribution is 1.15. The van der Waals surface area contributed by atoms with E-state index in [1.165, 1.54) is 0 Å². The Kier molecular flexibility index (Phi) is 6.92. The molecule has 0 N–H and O–H groups in total. The molecule has 1 aliphatic rings. The number of nitrogens with zero attached hydrogens (tertiary/aromatic N) is 4. The van der Waals surface area contributed by atoms with Crippen LogP contribution in [0.4, 0.5) is 0 Å². The van der Waals surface area contributed by atoms with Crippen LogP contribution in [0.3, 0.4) is 0 Å². The van der Waals surface area contributed by atoms with Gasteiger partial charge < -0.3 is 0 Å². The van der Waals surface area contributed by atoms with Crippen LogP contribution in [-0.2, 0) is 0 Å². The third kappa shape index (κ3) is 5.33. The zero-order valence-corrected chi connectivity index (χ0v) is 24.6. The zero-order valence-electron chi connectivity index (χ0n) is 24.6. The molecule has 3 heterocycles. The standard InChI is InChI=1S/C42H24N4/c1-2-10-33(11-3-1)41-37-12-4-5-15-40(37)45-42(46-41)36-27-34(29-16-20-31(21-17-29)38-13-6-8-24-43-38)26-35(28-36)30-18-22-32(23-19-30)39-14-7-9-25-44-39/h2,6-28H. The highest BCUT2D eigenvalue weighted by molar-refractivity contribution is 5.84. The van der Waals surface area contributed by atoms with E-state index in [2.05, 4.69) is 100 Å². The molecule has 0 unspecified atom stereocenters. The van der Waals surface area contributed by atoms with Crippen LogP contribution < -0.4 is 0 Å². The summed E-state index contributed by atoms with van der Waals surface area (Å²) in [6, 6.07) is 47.3. The first-order valence-corrected chi connectivity index (χ1v) is 15.0. The summed E-state index contributed by atoms with van der Waals surface area (Å²) >= 11 is 0. The second-order valence-corrected chi connectivity index (χ2v) is 10.9. The molecule has 1 aliphatic carbocycles. The van der Waals surface area contributed by atoms with Crippen molar-refractivity contribution in [3.8, 4) is 67.4 Å². The Bertz CT molecular complexity index is 2180. The Hall–Kier alpha value is -6.62.